The Labute approximate surface area is 101 Å². The Bertz CT molecular complexity index is 227. The van der Waals surface area contributed by atoms with Gasteiger partial charge in [0.1, 0.15) is 0 Å². The predicted octanol–water partition coefficient (Wildman–Crippen LogP) is 2.81. The molecule has 1 aliphatic heterocycles. The number of rotatable bonds is 7. The van der Waals surface area contributed by atoms with Crippen molar-refractivity contribution in [2.45, 2.75) is 53.0 Å². The van der Waals surface area contributed by atoms with E-state index in [4.69, 9.17) is 0 Å². The van der Waals surface area contributed by atoms with Crippen LogP contribution in [0.15, 0.2) is 11.1 Å². The van der Waals surface area contributed by atoms with E-state index < -0.39 is 0 Å². The van der Waals surface area contributed by atoms with E-state index in [1.165, 1.54) is 32.4 Å². The highest BCUT2D eigenvalue weighted by atomic mass is 15.1. The lowest BCUT2D eigenvalue weighted by Crippen LogP contribution is -2.39. The summed E-state index contributed by atoms with van der Waals surface area (Å²) in [6.45, 7) is 13.9. The van der Waals surface area contributed by atoms with Crippen LogP contribution < -0.4 is 5.32 Å². The summed E-state index contributed by atoms with van der Waals surface area (Å²) in [6.07, 6.45) is 3.87. The normalized spacial score (nSPS) is 17.4. The highest BCUT2D eigenvalue weighted by Crippen LogP contribution is 2.14. The number of hydrogen-bond donors (Lipinski definition) is 1. The zero-order valence-corrected chi connectivity index (χ0v) is 11.5. The molecule has 0 aromatic carbocycles. The Hall–Kier alpha value is -0.340. The molecule has 1 N–H and O–H groups in total. The monoisotopic (exact) mass is 224 g/mol. The zero-order valence-electron chi connectivity index (χ0n) is 11.5. The minimum absolute atomic E-state index is 0.718. The Morgan fingerprint density at radius 3 is 2.50 bits per heavy atom. The van der Waals surface area contributed by atoms with Crippen molar-refractivity contribution in [1.29, 1.82) is 0 Å². The summed E-state index contributed by atoms with van der Waals surface area (Å²) in [4.78, 5) is 2.64. The van der Waals surface area contributed by atoms with E-state index in [1.807, 2.05) is 0 Å². The van der Waals surface area contributed by atoms with Crippen molar-refractivity contribution >= 4 is 0 Å². The molecule has 1 unspecified atom stereocenters. The van der Waals surface area contributed by atoms with Gasteiger partial charge >= 0.3 is 0 Å². The second-order valence-electron chi connectivity index (χ2n) is 5.07. The van der Waals surface area contributed by atoms with Crippen molar-refractivity contribution in [2.75, 3.05) is 26.2 Å². The summed E-state index contributed by atoms with van der Waals surface area (Å²) < 4.78 is 0. The third kappa shape index (κ3) is 3.91. The molecule has 0 spiro atoms. The molecule has 2 nitrogen and oxygen atoms in total. The fraction of sp³-hybridized carbons (Fsp3) is 0.857. The molecule has 0 aliphatic carbocycles. The number of unbranched alkanes of at least 4 members (excludes halogenated alkanes) is 1. The summed E-state index contributed by atoms with van der Waals surface area (Å²) in [5.74, 6) is 0. The molecule has 0 radical (unpaired) electrons. The second-order valence-corrected chi connectivity index (χ2v) is 5.07. The molecular weight excluding hydrogens is 196 g/mol. The van der Waals surface area contributed by atoms with Gasteiger partial charge in [0.05, 0.1) is 0 Å². The maximum Gasteiger partial charge on any atom is 0.0196 e. The molecule has 1 saturated heterocycles. The van der Waals surface area contributed by atoms with Crippen LogP contribution in [0.25, 0.3) is 0 Å². The van der Waals surface area contributed by atoms with Crippen molar-refractivity contribution in [3.05, 3.63) is 11.1 Å². The van der Waals surface area contributed by atoms with Gasteiger partial charge in [0.2, 0.25) is 0 Å². The molecule has 1 atom stereocenters. The first kappa shape index (κ1) is 13.7. The smallest absolute Gasteiger partial charge is 0.0196 e. The largest absolute Gasteiger partial charge is 0.309 e. The van der Waals surface area contributed by atoms with Gasteiger partial charge in [-0.3, -0.25) is 4.90 Å². The fourth-order valence-electron chi connectivity index (χ4n) is 2.04. The lowest BCUT2D eigenvalue weighted by Gasteiger charge is -2.31. The molecule has 94 valence electrons. The first-order chi connectivity index (χ1) is 7.69. The molecule has 1 rings (SSSR count). The standard InChI is InChI=1S/C14H28N2/c1-5-7-8-16(13(4)6-2)11-12(3)14-9-15-10-14/h13,15H,5-11H2,1-4H3. The minimum Gasteiger partial charge on any atom is -0.309 e. The molecule has 0 bridgehead atoms. The van der Waals surface area contributed by atoms with Crippen LogP contribution in [0.2, 0.25) is 0 Å². The quantitative estimate of drug-likeness (QED) is 0.669. The Kier molecular flexibility index (Phi) is 6.07. The number of hydrogen-bond acceptors (Lipinski definition) is 2. The topological polar surface area (TPSA) is 15.3 Å². The van der Waals surface area contributed by atoms with Gasteiger partial charge in [-0.25, -0.2) is 0 Å². The molecule has 1 fully saturated rings. The summed E-state index contributed by atoms with van der Waals surface area (Å²) in [6, 6.07) is 0.718. The van der Waals surface area contributed by atoms with Crippen molar-refractivity contribution in [1.82, 2.24) is 10.2 Å². The van der Waals surface area contributed by atoms with Gasteiger partial charge in [-0.15, -0.1) is 0 Å². The highest BCUT2D eigenvalue weighted by molar-refractivity contribution is 5.22. The Morgan fingerprint density at radius 1 is 1.38 bits per heavy atom. The van der Waals surface area contributed by atoms with E-state index in [2.05, 4.69) is 37.9 Å². The number of nitrogens with one attached hydrogen (secondary N) is 1. The molecule has 1 heterocycles. The highest BCUT2D eigenvalue weighted by Gasteiger charge is 2.16. The van der Waals surface area contributed by atoms with Gasteiger partial charge in [-0.1, -0.05) is 25.8 Å². The summed E-state index contributed by atoms with van der Waals surface area (Å²) in [5.41, 5.74) is 3.22. The molecule has 0 saturated carbocycles. The lowest BCUT2D eigenvalue weighted by molar-refractivity contribution is 0.217. The van der Waals surface area contributed by atoms with Gasteiger partial charge in [0, 0.05) is 25.7 Å². The van der Waals surface area contributed by atoms with Crippen LogP contribution in [0, 0.1) is 0 Å². The molecule has 16 heavy (non-hydrogen) atoms. The summed E-state index contributed by atoms with van der Waals surface area (Å²) in [7, 11) is 0. The SMILES string of the molecule is CCCCN(CC(C)=C1CNC1)C(C)CC. The van der Waals surface area contributed by atoms with Crippen LogP contribution in [0.1, 0.15) is 47.0 Å². The molecular formula is C14H28N2. The van der Waals surface area contributed by atoms with Gasteiger partial charge in [-0.2, -0.15) is 0 Å². The third-order valence-electron chi connectivity index (χ3n) is 3.73. The molecule has 0 aromatic heterocycles. The summed E-state index contributed by atoms with van der Waals surface area (Å²) in [5, 5.41) is 3.33. The molecule has 0 amide bonds. The lowest BCUT2D eigenvalue weighted by atomic mass is 10.0. The van der Waals surface area contributed by atoms with E-state index in [9.17, 15) is 0 Å². The molecule has 2 heteroatoms. The molecule has 1 aliphatic rings. The zero-order chi connectivity index (χ0) is 12.0. The fourth-order valence-corrected chi connectivity index (χ4v) is 2.04. The first-order valence-electron chi connectivity index (χ1n) is 6.81. The van der Waals surface area contributed by atoms with Crippen LogP contribution in [0.5, 0.6) is 0 Å². The van der Waals surface area contributed by atoms with Gasteiger partial charge in [-0.05, 0) is 38.8 Å². The summed E-state index contributed by atoms with van der Waals surface area (Å²) >= 11 is 0. The Balaban J connectivity index is 2.48. The van der Waals surface area contributed by atoms with Crippen LogP contribution in [0.4, 0.5) is 0 Å². The minimum atomic E-state index is 0.718. The van der Waals surface area contributed by atoms with Crippen LogP contribution in [0.3, 0.4) is 0 Å². The first-order valence-corrected chi connectivity index (χ1v) is 6.81. The van der Waals surface area contributed by atoms with Crippen molar-refractivity contribution in [3.8, 4) is 0 Å². The second kappa shape index (κ2) is 7.08. The molecule has 0 aromatic rings. The van der Waals surface area contributed by atoms with E-state index in [0.717, 1.165) is 19.1 Å². The average Bonchev–Trinajstić information content (AvgIpc) is 2.20. The van der Waals surface area contributed by atoms with E-state index >= 15 is 0 Å². The third-order valence-corrected chi connectivity index (χ3v) is 3.73. The van der Waals surface area contributed by atoms with Crippen LogP contribution >= 0.6 is 0 Å². The van der Waals surface area contributed by atoms with E-state index in [0.29, 0.717) is 0 Å². The van der Waals surface area contributed by atoms with Crippen molar-refractivity contribution in [2.24, 2.45) is 0 Å². The van der Waals surface area contributed by atoms with Gasteiger partial charge < -0.3 is 5.32 Å². The Morgan fingerprint density at radius 2 is 2.06 bits per heavy atom. The van der Waals surface area contributed by atoms with Gasteiger partial charge in [0.25, 0.3) is 0 Å². The van der Waals surface area contributed by atoms with Crippen LogP contribution in [-0.4, -0.2) is 37.1 Å². The van der Waals surface area contributed by atoms with Crippen LogP contribution in [-0.2, 0) is 0 Å². The maximum absolute atomic E-state index is 3.33. The van der Waals surface area contributed by atoms with E-state index in [1.54, 1.807) is 11.1 Å². The maximum atomic E-state index is 3.33. The van der Waals surface area contributed by atoms with Gasteiger partial charge in [0.15, 0.2) is 0 Å². The van der Waals surface area contributed by atoms with Crippen molar-refractivity contribution < 1.29 is 0 Å². The average molecular weight is 224 g/mol. The predicted molar refractivity (Wildman–Crippen MR) is 71.8 cm³/mol. The number of nitrogens with zero attached hydrogens (tertiary/aromatic N) is 1. The van der Waals surface area contributed by atoms with E-state index in [-0.39, 0.29) is 0 Å². The van der Waals surface area contributed by atoms with Crippen molar-refractivity contribution in [3.63, 3.8) is 0 Å².